The predicted octanol–water partition coefficient (Wildman–Crippen LogP) is 3.26. The Labute approximate surface area is 152 Å². The van der Waals surface area contributed by atoms with Gasteiger partial charge in [-0.15, -0.1) is 0 Å². The molecule has 6 heteroatoms. The van der Waals surface area contributed by atoms with Crippen molar-refractivity contribution in [1.29, 1.82) is 0 Å². The van der Waals surface area contributed by atoms with Crippen LogP contribution in [0.25, 0.3) is 10.8 Å². The molecule has 2 aromatic carbocycles. The van der Waals surface area contributed by atoms with Gasteiger partial charge < -0.3 is 9.32 Å². The monoisotopic (exact) mass is 369 g/mol. The van der Waals surface area contributed by atoms with Crippen LogP contribution in [0.4, 0.5) is 0 Å². The summed E-state index contributed by atoms with van der Waals surface area (Å²) in [6.45, 7) is 0.263. The first-order chi connectivity index (χ1) is 12.5. The average Bonchev–Trinajstić information content (AvgIpc) is 3.27. The van der Waals surface area contributed by atoms with Gasteiger partial charge in [-0.2, -0.15) is 0 Å². The third-order valence-electron chi connectivity index (χ3n) is 4.81. The summed E-state index contributed by atoms with van der Waals surface area (Å²) in [5.41, 5.74) is 0.555. The zero-order valence-electron chi connectivity index (χ0n) is 14.2. The number of carbonyl (C=O) groups excluding carboxylic acids is 1. The van der Waals surface area contributed by atoms with Crippen LogP contribution < -0.4 is 0 Å². The predicted molar refractivity (Wildman–Crippen MR) is 99.6 cm³/mol. The first-order valence-corrected chi connectivity index (χ1v) is 10.4. The number of carbonyl (C=O) groups is 1. The maximum atomic E-state index is 13.2. The Morgan fingerprint density at radius 2 is 1.88 bits per heavy atom. The second-order valence-corrected chi connectivity index (χ2v) is 8.86. The van der Waals surface area contributed by atoms with Crippen LogP contribution in [0.1, 0.15) is 22.5 Å². The molecule has 0 saturated carbocycles. The van der Waals surface area contributed by atoms with Crippen molar-refractivity contribution in [3.8, 4) is 0 Å². The molecule has 1 unspecified atom stereocenters. The quantitative estimate of drug-likeness (QED) is 0.708. The van der Waals surface area contributed by atoms with Gasteiger partial charge in [0.05, 0.1) is 24.3 Å². The topological polar surface area (TPSA) is 67.6 Å². The smallest absolute Gasteiger partial charge is 0.254 e. The lowest BCUT2D eigenvalue weighted by molar-refractivity contribution is 0.0666. The number of nitrogens with zero attached hydrogens (tertiary/aromatic N) is 1. The van der Waals surface area contributed by atoms with Crippen LogP contribution in [0.3, 0.4) is 0 Å². The molecule has 0 aliphatic carbocycles. The van der Waals surface area contributed by atoms with E-state index in [9.17, 15) is 13.2 Å². The second-order valence-electron chi connectivity index (χ2n) is 6.63. The van der Waals surface area contributed by atoms with E-state index in [1.54, 1.807) is 29.4 Å². The van der Waals surface area contributed by atoms with Crippen LogP contribution in [0.15, 0.2) is 65.3 Å². The van der Waals surface area contributed by atoms with Gasteiger partial charge in [-0.25, -0.2) is 8.42 Å². The minimum atomic E-state index is -3.09. The zero-order valence-corrected chi connectivity index (χ0v) is 15.0. The molecule has 0 spiro atoms. The molecule has 1 atom stereocenters. The highest BCUT2D eigenvalue weighted by atomic mass is 32.2. The Morgan fingerprint density at radius 3 is 2.58 bits per heavy atom. The van der Waals surface area contributed by atoms with Gasteiger partial charge in [0.25, 0.3) is 5.91 Å². The van der Waals surface area contributed by atoms with E-state index in [4.69, 9.17) is 4.42 Å². The highest BCUT2D eigenvalue weighted by Gasteiger charge is 2.35. The molecule has 0 radical (unpaired) electrons. The van der Waals surface area contributed by atoms with Gasteiger partial charge in [-0.1, -0.05) is 30.3 Å². The summed E-state index contributed by atoms with van der Waals surface area (Å²) in [5.74, 6) is 0.599. The molecule has 134 valence electrons. The Morgan fingerprint density at radius 1 is 1.08 bits per heavy atom. The van der Waals surface area contributed by atoms with E-state index in [0.29, 0.717) is 17.7 Å². The number of hydrogen-bond donors (Lipinski definition) is 0. The van der Waals surface area contributed by atoms with E-state index in [1.807, 2.05) is 36.4 Å². The van der Waals surface area contributed by atoms with Crippen molar-refractivity contribution in [3.63, 3.8) is 0 Å². The van der Waals surface area contributed by atoms with E-state index in [1.165, 1.54) is 0 Å². The first-order valence-electron chi connectivity index (χ1n) is 8.54. The Balaban J connectivity index is 1.68. The number of sulfone groups is 1. The molecule has 1 aliphatic heterocycles. The van der Waals surface area contributed by atoms with Gasteiger partial charge in [0.15, 0.2) is 9.84 Å². The molecule has 1 saturated heterocycles. The van der Waals surface area contributed by atoms with Gasteiger partial charge in [0.1, 0.15) is 5.76 Å². The highest BCUT2D eigenvalue weighted by Crippen LogP contribution is 2.24. The molecule has 1 aromatic heterocycles. The fraction of sp³-hybridized carbons (Fsp3) is 0.250. The van der Waals surface area contributed by atoms with E-state index in [0.717, 1.165) is 10.8 Å². The molecule has 0 N–H and O–H groups in total. The number of amides is 1. The molecule has 2 heterocycles. The van der Waals surface area contributed by atoms with Crippen LogP contribution in [0.5, 0.6) is 0 Å². The van der Waals surface area contributed by atoms with Crippen LogP contribution in [0.2, 0.25) is 0 Å². The summed E-state index contributed by atoms with van der Waals surface area (Å²) in [6.07, 6.45) is 2.02. The van der Waals surface area contributed by atoms with E-state index in [-0.39, 0.29) is 30.0 Å². The summed E-state index contributed by atoms with van der Waals surface area (Å²) < 4.78 is 29.2. The summed E-state index contributed by atoms with van der Waals surface area (Å²) in [4.78, 5) is 14.8. The minimum absolute atomic E-state index is 0.00697. The van der Waals surface area contributed by atoms with Gasteiger partial charge in [0, 0.05) is 11.6 Å². The van der Waals surface area contributed by atoms with Crippen LogP contribution in [-0.2, 0) is 16.4 Å². The van der Waals surface area contributed by atoms with Crippen molar-refractivity contribution in [2.75, 3.05) is 11.5 Å². The summed E-state index contributed by atoms with van der Waals surface area (Å²) in [7, 11) is -3.09. The van der Waals surface area contributed by atoms with Gasteiger partial charge in [-0.3, -0.25) is 4.79 Å². The highest BCUT2D eigenvalue weighted by molar-refractivity contribution is 7.91. The van der Waals surface area contributed by atoms with Gasteiger partial charge in [0.2, 0.25) is 0 Å². The van der Waals surface area contributed by atoms with Crippen molar-refractivity contribution in [2.24, 2.45) is 0 Å². The molecule has 1 fully saturated rings. The molecular formula is C20H19NO4S. The number of benzene rings is 2. The van der Waals surface area contributed by atoms with Gasteiger partial charge >= 0.3 is 0 Å². The third kappa shape index (κ3) is 3.37. The Kier molecular flexibility index (Phi) is 4.28. The summed E-state index contributed by atoms with van der Waals surface area (Å²) in [6, 6.07) is 16.6. The molecule has 0 bridgehead atoms. The Hall–Kier alpha value is -2.60. The molecule has 3 aromatic rings. The van der Waals surface area contributed by atoms with Crippen molar-refractivity contribution >= 4 is 26.5 Å². The summed E-state index contributed by atoms with van der Waals surface area (Å²) >= 11 is 0. The molecule has 5 nitrogen and oxygen atoms in total. The SMILES string of the molecule is O=C(c1ccc2ccccc2c1)N(Cc1ccco1)C1CCS(=O)(=O)C1. The maximum Gasteiger partial charge on any atom is 0.254 e. The molecule has 1 amide bonds. The largest absolute Gasteiger partial charge is 0.467 e. The lowest BCUT2D eigenvalue weighted by Crippen LogP contribution is -2.40. The number of rotatable bonds is 4. The zero-order chi connectivity index (χ0) is 18.1. The van der Waals surface area contributed by atoms with Gasteiger partial charge in [-0.05, 0) is 41.5 Å². The number of hydrogen-bond acceptors (Lipinski definition) is 4. The van der Waals surface area contributed by atoms with E-state index >= 15 is 0 Å². The third-order valence-corrected chi connectivity index (χ3v) is 6.56. The normalized spacial score (nSPS) is 18.8. The standard InChI is InChI=1S/C20H19NO4S/c22-20(17-8-7-15-4-1-2-5-16(15)12-17)21(13-19-6-3-10-25-19)18-9-11-26(23,24)14-18/h1-8,10,12,18H,9,11,13-14H2. The fourth-order valence-corrected chi connectivity index (χ4v) is 5.18. The van der Waals surface area contributed by atoms with Crippen LogP contribution >= 0.6 is 0 Å². The van der Waals surface area contributed by atoms with E-state index < -0.39 is 9.84 Å². The van der Waals surface area contributed by atoms with Crippen molar-refractivity contribution in [1.82, 2.24) is 4.90 Å². The van der Waals surface area contributed by atoms with Crippen molar-refractivity contribution in [3.05, 3.63) is 72.2 Å². The number of furan rings is 1. The maximum absolute atomic E-state index is 13.2. The lowest BCUT2D eigenvalue weighted by atomic mass is 10.1. The first kappa shape index (κ1) is 16.8. The van der Waals surface area contributed by atoms with Crippen molar-refractivity contribution in [2.45, 2.75) is 19.0 Å². The lowest BCUT2D eigenvalue weighted by Gasteiger charge is -2.27. The number of fused-ring (bicyclic) bond motifs is 1. The minimum Gasteiger partial charge on any atom is -0.467 e. The fourth-order valence-electron chi connectivity index (χ4n) is 3.45. The molecular weight excluding hydrogens is 350 g/mol. The molecule has 1 aliphatic rings. The van der Waals surface area contributed by atoms with Crippen molar-refractivity contribution < 1.29 is 17.6 Å². The van der Waals surface area contributed by atoms with E-state index in [2.05, 4.69) is 0 Å². The Bertz CT molecular complexity index is 1040. The summed E-state index contributed by atoms with van der Waals surface area (Å²) in [5, 5.41) is 2.04. The molecule has 4 rings (SSSR count). The van der Waals surface area contributed by atoms with Crippen LogP contribution in [-0.4, -0.2) is 36.8 Å². The van der Waals surface area contributed by atoms with Crippen LogP contribution in [0, 0.1) is 0 Å². The average molecular weight is 369 g/mol. The second kappa shape index (κ2) is 6.61. The molecule has 26 heavy (non-hydrogen) atoms.